The first-order chi connectivity index (χ1) is 17.2. The fourth-order valence-corrected chi connectivity index (χ4v) is 3.90. The Kier molecular flexibility index (Phi) is 7.47. The second-order valence-corrected chi connectivity index (χ2v) is 9.64. The Morgan fingerprint density at radius 3 is 2.58 bits per heavy atom. The molecule has 1 aliphatic rings. The molecule has 0 atom stereocenters. The fourth-order valence-electron chi connectivity index (χ4n) is 3.90. The fraction of sp³-hybridized carbons (Fsp3) is 0.400. The molecule has 10 nitrogen and oxygen atoms in total. The van der Waals surface area contributed by atoms with E-state index in [0.29, 0.717) is 22.9 Å². The molecule has 1 saturated carbocycles. The highest BCUT2D eigenvalue weighted by molar-refractivity contribution is 5.68. The summed E-state index contributed by atoms with van der Waals surface area (Å²) in [6, 6.07) is 6.10. The van der Waals surface area contributed by atoms with Gasteiger partial charge in [-0.25, -0.2) is 29.1 Å². The number of halogens is 1. The monoisotopic (exact) mass is 495 g/mol. The number of hydrogen-bond donors (Lipinski definition) is 3. The molecule has 2 aromatic heterocycles. The van der Waals surface area contributed by atoms with E-state index in [-0.39, 0.29) is 23.7 Å². The number of carbonyl (C=O) groups excluding carboxylic acids is 1. The van der Waals surface area contributed by atoms with Gasteiger partial charge in [0, 0.05) is 36.2 Å². The maximum atomic E-state index is 14.3. The first-order valence-electron chi connectivity index (χ1n) is 11.8. The van der Waals surface area contributed by atoms with Crippen LogP contribution in [-0.2, 0) is 4.74 Å². The van der Waals surface area contributed by atoms with Gasteiger partial charge in [0.2, 0.25) is 11.8 Å². The third-order valence-corrected chi connectivity index (χ3v) is 5.55. The number of carbonyl (C=O) groups is 1. The summed E-state index contributed by atoms with van der Waals surface area (Å²) in [5, 5.41) is 6.31. The minimum atomic E-state index is -0.596. The second kappa shape index (κ2) is 10.7. The van der Waals surface area contributed by atoms with Crippen LogP contribution >= 0.6 is 0 Å². The van der Waals surface area contributed by atoms with Crippen molar-refractivity contribution >= 4 is 17.7 Å². The molecule has 1 fully saturated rings. The SMILES string of the molecule is CC(C)(C)OC(=O)NC1CCC(Nc2nccc(-c3cncnc3Oc3ccc(N)cc3F)n2)CC1. The molecule has 1 amide bonds. The molecule has 11 heteroatoms. The highest BCUT2D eigenvalue weighted by Crippen LogP contribution is 2.32. The van der Waals surface area contributed by atoms with E-state index in [1.165, 1.54) is 18.5 Å². The zero-order valence-electron chi connectivity index (χ0n) is 20.5. The van der Waals surface area contributed by atoms with Crippen LogP contribution in [0.4, 0.5) is 20.8 Å². The molecule has 0 spiro atoms. The molecule has 0 bridgehead atoms. The number of aromatic nitrogens is 4. The third kappa shape index (κ3) is 6.77. The Balaban J connectivity index is 1.39. The molecule has 4 N–H and O–H groups in total. The van der Waals surface area contributed by atoms with E-state index in [9.17, 15) is 9.18 Å². The summed E-state index contributed by atoms with van der Waals surface area (Å²) in [6.45, 7) is 5.52. The van der Waals surface area contributed by atoms with Gasteiger partial charge in [-0.3, -0.25) is 0 Å². The summed E-state index contributed by atoms with van der Waals surface area (Å²) in [4.78, 5) is 29.2. The summed E-state index contributed by atoms with van der Waals surface area (Å²) >= 11 is 0. The predicted octanol–water partition coefficient (Wildman–Crippen LogP) is 4.70. The van der Waals surface area contributed by atoms with Crippen molar-refractivity contribution in [2.75, 3.05) is 11.1 Å². The Morgan fingerprint density at radius 2 is 1.86 bits per heavy atom. The van der Waals surface area contributed by atoms with Gasteiger partial charge in [0.15, 0.2) is 11.6 Å². The zero-order valence-corrected chi connectivity index (χ0v) is 20.5. The van der Waals surface area contributed by atoms with Gasteiger partial charge in [-0.1, -0.05) is 0 Å². The molecule has 0 radical (unpaired) electrons. The van der Waals surface area contributed by atoms with Crippen molar-refractivity contribution in [3.05, 3.63) is 48.8 Å². The minimum Gasteiger partial charge on any atom is -0.444 e. The van der Waals surface area contributed by atoms with Gasteiger partial charge in [-0.2, -0.15) is 0 Å². The molecule has 0 saturated heterocycles. The van der Waals surface area contributed by atoms with E-state index in [1.54, 1.807) is 24.5 Å². The lowest BCUT2D eigenvalue weighted by Gasteiger charge is -2.30. The summed E-state index contributed by atoms with van der Waals surface area (Å²) in [5.74, 6) is 0.00578. The van der Waals surface area contributed by atoms with Crippen molar-refractivity contribution in [1.29, 1.82) is 0 Å². The van der Waals surface area contributed by atoms with Gasteiger partial charge in [0.25, 0.3) is 0 Å². The maximum absolute atomic E-state index is 14.3. The van der Waals surface area contributed by atoms with E-state index < -0.39 is 17.5 Å². The Hall–Kier alpha value is -4.02. The number of hydrogen-bond acceptors (Lipinski definition) is 9. The van der Waals surface area contributed by atoms with Gasteiger partial charge in [0.1, 0.15) is 11.9 Å². The van der Waals surface area contributed by atoms with Gasteiger partial charge >= 0.3 is 6.09 Å². The maximum Gasteiger partial charge on any atom is 0.407 e. The quantitative estimate of drug-likeness (QED) is 0.416. The highest BCUT2D eigenvalue weighted by atomic mass is 19.1. The molecule has 3 aromatic rings. The van der Waals surface area contributed by atoms with Crippen molar-refractivity contribution < 1.29 is 18.7 Å². The van der Waals surface area contributed by atoms with Crippen molar-refractivity contribution in [1.82, 2.24) is 25.3 Å². The lowest BCUT2D eigenvalue weighted by Crippen LogP contribution is -2.42. The highest BCUT2D eigenvalue weighted by Gasteiger charge is 2.25. The van der Waals surface area contributed by atoms with Crippen molar-refractivity contribution in [3.8, 4) is 22.9 Å². The number of ether oxygens (including phenoxy) is 2. The average molecular weight is 496 g/mol. The van der Waals surface area contributed by atoms with E-state index >= 15 is 0 Å². The van der Waals surface area contributed by atoms with Gasteiger partial charge in [0.05, 0.1) is 11.3 Å². The summed E-state index contributed by atoms with van der Waals surface area (Å²) in [7, 11) is 0. The van der Waals surface area contributed by atoms with Crippen LogP contribution < -0.4 is 21.1 Å². The van der Waals surface area contributed by atoms with Gasteiger partial charge in [-0.05, 0) is 64.7 Å². The minimum absolute atomic E-state index is 0.00620. The molecule has 0 unspecified atom stereocenters. The van der Waals surface area contributed by atoms with E-state index in [1.807, 2.05) is 20.8 Å². The van der Waals surface area contributed by atoms with E-state index in [4.69, 9.17) is 15.2 Å². The average Bonchev–Trinajstić information content (AvgIpc) is 2.81. The Labute approximate surface area is 208 Å². The smallest absolute Gasteiger partial charge is 0.407 e. The second-order valence-electron chi connectivity index (χ2n) is 9.64. The molecule has 4 rings (SSSR count). The molecule has 1 aliphatic carbocycles. The van der Waals surface area contributed by atoms with Crippen LogP contribution in [0.25, 0.3) is 11.3 Å². The lowest BCUT2D eigenvalue weighted by atomic mass is 9.91. The first-order valence-corrected chi connectivity index (χ1v) is 11.8. The molecule has 190 valence electrons. The summed E-state index contributed by atoms with van der Waals surface area (Å²) in [5.41, 5.74) is 6.40. The number of anilines is 2. The topological polar surface area (TPSA) is 137 Å². The summed E-state index contributed by atoms with van der Waals surface area (Å²) < 4.78 is 25.3. The van der Waals surface area contributed by atoms with Crippen LogP contribution in [0, 0.1) is 5.82 Å². The van der Waals surface area contributed by atoms with Crippen LogP contribution in [0.1, 0.15) is 46.5 Å². The first kappa shape index (κ1) is 25.1. The van der Waals surface area contributed by atoms with Crippen LogP contribution in [-0.4, -0.2) is 43.7 Å². The number of nitrogens with one attached hydrogen (secondary N) is 2. The third-order valence-electron chi connectivity index (χ3n) is 5.55. The zero-order chi connectivity index (χ0) is 25.7. The molecule has 2 heterocycles. The van der Waals surface area contributed by atoms with Gasteiger partial charge in [-0.15, -0.1) is 0 Å². The lowest BCUT2D eigenvalue weighted by molar-refractivity contribution is 0.0492. The van der Waals surface area contributed by atoms with Crippen LogP contribution in [0.3, 0.4) is 0 Å². The van der Waals surface area contributed by atoms with E-state index in [2.05, 4.69) is 30.6 Å². The van der Waals surface area contributed by atoms with Gasteiger partial charge < -0.3 is 25.8 Å². The number of rotatable bonds is 6. The number of alkyl carbamates (subject to hydrolysis) is 1. The largest absolute Gasteiger partial charge is 0.444 e. The summed E-state index contributed by atoms with van der Waals surface area (Å²) in [6.07, 6.45) is 7.41. The predicted molar refractivity (Wildman–Crippen MR) is 133 cm³/mol. The molecular formula is C25H30FN7O3. The molecule has 1 aromatic carbocycles. The molecule has 0 aliphatic heterocycles. The normalized spacial score (nSPS) is 17.8. The van der Waals surface area contributed by atoms with E-state index in [0.717, 1.165) is 25.7 Å². The van der Waals surface area contributed by atoms with Crippen molar-refractivity contribution in [3.63, 3.8) is 0 Å². The number of nitrogens with two attached hydrogens (primary N) is 1. The molecule has 36 heavy (non-hydrogen) atoms. The standard InChI is InChI=1S/C25H30FN7O3/c1-25(2,3)36-24(34)32-17-7-5-16(6-8-17)31-23-29-11-10-20(33-23)18-13-28-14-30-22(18)35-21-9-4-15(27)12-19(21)26/h4,9-14,16-17H,5-8,27H2,1-3H3,(H,32,34)(H,29,31,33). The Bertz CT molecular complexity index is 1210. The van der Waals surface area contributed by atoms with Crippen LogP contribution in [0.2, 0.25) is 0 Å². The number of benzene rings is 1. The number of nitrogens with zero attached hydrogens (tertiary/aromatic N) is 4. The van der Waals surface area contributed by atoms with Crippen LogP contribution in [0.15, 0.2) is 43.0 Å². The molecular weight excluding hydrogens is 465 g/mol. The Morgan fingerprint density at radius 1 is 1.11 bits per heavy atom. The van der Waals surface area contributed by atoms with Crippen molar-refractivity contribution in [2.45, 2.75) is 64.1 Å². The number of amides is 1. The van der Waals surface area contributed by atoms with Crippen molar-refractivity contribution in [2.24, 2.45) is 0 Å². The van der Waals surface area contributed by atoms with Crippen LogP contribution in [0.5, 0.6) is 11.6 Å². The number of nitrogen functional groups attached to an aromatic ring is 1.